The maximum atomic E-state index is 9.36. The molecule has 4 atom stereocenters. The zero-order chi connectivity index (χ0) is 15.4. The summed E-state index contributed by atoms with van der Waals surface area (Å²) in [6.07, 6.45) is 5.08. The first-order chi connectivity index (χ1) is 9.95. The molecule has 1 aromatic carbocycles. The Morgan fingerprint density at radius 2 is 1.81 bits per heavy atom. The van der Waals surface area contributed by atoms with E-state index in [-0.39, 0.29) is 0 Å². The second-order valence-electron chi connectivity index (χ2n) is 7.37. The van der Waals surface area contributed by atoms with Crippen molar-refractivity contribution in [2.45, 2.75) is 65.5 Å². The number of aromatic hydroxyl groups is 1. The second-order valence-corrected chi connectivity index (χ2v) is 7.37. The summed E-state index contributed by atoms with van der Waals surface area (Å²) in [4.78, 5) is 0. The van der Waals surface area contributed by atoms with Crippen molar-refractivity contribution >= 4 is 0 Å². The van der Waals surface area contributed by atoms with Gasteiger partial charge in [0, 0.05) is 12.1 Å². The third-order valence-electron chi connectivity index (χ3n) is 5.00. The van der Waals surface area contributed by atoms with E-state index in [1.54, 1.807) is 12.1 Å². The molecule has 0 aliphatic heterocycles. The molecule has 118 valence electrons. The largest absolute Gasteiger partial charge is 0.508 e. The fourth-order valence-electron chi connectivity index (χ4n) is 3.80. The van der Waals surface area contributed by atoms with Crippen molar-refractivity contribution in [3.63, 3.8) is 0 Å². The molecule has 1 saturated carbocycles. The fraction of sp³-hybridized carbons (Fsp3) is 0.684. The standard InChI is InChI=1S/C19H31NO/c1-13(2)18-10-5-14(3)11-19(18)20-15(4)12-16-6-8-17(21)9-7-16/h6-9,13-15,18-21H,5,10-12H2,1-4H3. The van der Waals surface area contributed by atoms with Gasteiger partial charge in [-0.05, 0) is 61.6 Å². The van der Waals surface area contributed by atoms with Crippen LogP contribution in [0.2, 0.25) is 0 Å². The van der Waals surface area contributed by atoms with Gasteiger partial charge in [-0.15, -0.1) is 0 Å². The zero-order valence-corrected chi connectivity index (χ0v) is 14.0. The molecule has 2 nitrogen and oxygen atoms in total. The van der Waals surface area contributed by atoms with Gasteiger partial charge in [-0.2, -0.15) is 0 Å². The van der Waals surface area contributed by atoms with E-state index < -0.39 is 0 Å². The van der Waals surface area contributed by atoms with Crippen LogP contribution in [0.15, 0.2) is 24.3 Å². The highest BCUT2D eigenvalue weighted by Gasteiger charge is 2.31. The van der Waals surface area contributed by atoms with Crippen LogP contribution < -0.4 is 5.32 Å². The quantitative estimate of drug-likeness (QED) is 0.843. The first kappa shape index (κ1) is 16.4. The van der Waals surface area contributed by atoms with Crippen molar-refractivity contribution in [1.82, 2.24) is 5.32 Å². The van der Waals surface area contributed by atoms with Crippen LogP contribution in [0, 0.1) is 17.8 Å². The minimum atomic E-state index is 0.348. The molecule has 2 N–H and O–H groups in total. The lowest BCUT2D eigenvalue weighted by Crippen LogP contribution is -2.47. The summed E-state index contributed by atoms with van der Waals surface area (Å²) in [5, 5.41) is 13.2. The number of hydrogen-bond donors (Lipinski definition) is 2. The Labute approximate surface area is 130 Å². The van der Waals surface area contributed by atoms with Gasteiger partial charge in [-0.3, -0.25) is 0 Å². The second kappa shape index (κ2) is 7.31. The SMILES string of the molecule is CC1CCC(C(C)C)C(NC(C)Cc2ccc(O)cc2)C1. The first-order valence-corrected chi connectivity index (χ1v) is 8.49. The van der Waals surface area contributed by atoms with Crippen molar-refractivity contribution in [2.24, 2.45) is 17.8 Å². The molecule has 1 fully saturated rings. The van der Waals surface area contributed by atoms with Crippen LogP contribution in [0.5, 0.6) is 5.75 Å². The van der Waals surface area contributed by atoms with E-state index in [0.717, 1.165) is 24.2 Å². The molecule has 4 unspecified atom stereocenters. The number of nitrogens with one attached hydrogen (secondary N) is 1. The van der Waals surface area contributed by atoms with Crippen LogP contribution in [0.3, 0.4) is 0 Å². The van der Waals surface area contributed by atoms with Crippen LogP contribution in [0.25, 0.3) is 0 Å². The Bertz CT molecular complexity index is 426. The molecule has 0 heterocycles. The summed E-state index contributed by atoms with van der Waals surface area (Å²) < 4.78 is 0. The van der Waals surface area contributed by atoms with Gasteiger partial charge >= 0.3 is 0 Å². The molecular formula is C19H31NO. The van der Waals surface area contributed by atoms with Crippen LogP contribution in [0.1, 0.15) is 52.5 Å². The van der Waals surface area contributed by atoms with E-state index in [1.807, 2.05) is 12.1 Å². The molecule has 1 aliphatic rings. The minimum Gasteiger partial charge on any atom is -0.508 e. The van der Waals surface area contributed by atoms with Crippen molar-refractivity contribution in [2.75, 3.05) is 0 Å². The van der Waals surface area contributed by atoms with Gasteiger partial charge in [-0.1, -0.05) is 39.3 Å². The predicted molar refractivity (Wildman–Crippen MR) is 89.5 cm³/mol. The van der Waals surface area contributed by atoms with Crippen molar-refractivity contribution < 1.29 is 5.11 Å². The molecule has 1 aromatic rings. The molecule has 0 spiro atoms. The maximum Gasteiger partial charge on any atom is 0.115 e. The van der Waals surface area contributed by atoms with E-state index in [0.29, 0.717) is 17.8 Å². The van der Waals surface area contributed by atoms with Crippen LogP contribution in [-0.2, 0) is 6.42 Å². The number of benzene rings is 1. The third-order valence-corrected chi connectivity index (χ3v) is 5.00. The average Bonchev–Trinajstić information content (AvgIpc) is 2.41. The predicted octanol–water partition coefficient (Wildman–Crippen LogP) is 4.37. The van der Waals surface area contributed by atoms with E-state index in [1.165, 1.54) is 24.8 Å². The molecule has 0 saturated heterocycles. The molecule has 0 aromatic heterocycles. The molecule has 21 heavy (non-hydrogen) atoms. The van der Waals surface area contributed by atoms with E-state index >= 15 is 0 Å². The minimum absolute atomic E-state index is 0.348. The van der Waals surface area contributed by atoms with E-state index in [4.69, 9.17) is 0 Å². The van der Waals surface area contributed by atoms with Gasteiger partial charge < -0.3 is 10.4 Å². The summed E-state index contributed by atoms with van der Waals surface area (Å²) in [7, 11) is 0. The molecule has 0 radical (unpaired) electrons. The summed E-state index contributed by atoms with van der Waals surface area (Å²) in [5.41, 5.74) is 1.29. The monoisotopic (exact) mass is 289 g/mol. The number of phenolic OH excluding ortho intramolecular Hbond substituents is 1. The van der Waals surface area contributed by atoms with Gasteiger partial charge in [-0.25, -0.2) is 0 Å². The number of hydrogen-bond acceptors (Lipinski definition) is 2. The molecule has 0 bridgehead atoms. The van der Waals surface area contributed by atoms with Crippen LogP contribution in [-0.4, -0.2) is 17.2 Å². The molecular weight excluding hydrogens is 258 g/mol. The number of rotatable bonds is 5. The Morgan fingerprint density at radius 1 is 1.14 bits per heavy atom. The lowest BCUT2D eigenvalue weighted by atomic mass is 9.73. The third kappa shape index (κ3) is 4.74. The summed E-state index contributed by atoms with van der Waals surface area (Å²) in [6.45, 7) is 9.39. The van der Waals surface area contributed by atoms with Gasteiger partial charge in [0.25, 0.3) is 0 Å². The van der Waals surface area contributed by atoms with Gasteiger partial charge in [0.15, 0.2) is 0 Å². The Morgan fingerprint density at radius 3 is 2.43 bits per heavy atom. The molecule has 1 aliphatic carbocycles. The Hall–Kier alpha value is -1.02. The van der Waals surface area contributed by atoms with Gasteiger partial charge in [0.1, 0.15) is 5.75 Å². The highest BCUT2D eigenvalue weighted by Crippen LogP contribution is 2.33. The molecule has 0 amide bonds. The molecule has 2 rings (SSSR count). The van der Waals surface area contributed by atoms with Gasteiger partial charge in [0.2, 0.25) is 0 Å². The van der Waals surface area contributed by atoms with Gasteiger partial charge in [0.05, 0.1) is 0 Å². The van der Waals surface area contributed by atoms with Crippen molar-refractivity contribution in [3.05, 3.63) is 29.8 Å². The smallest absolute Gasteiger partial charge is 0.115 e. The van der Waals surface area contributed by atoms with Crippen molar-refractivity contribution in [1.29, 1.82) is 0 Å². The van der Waals surface area contributed by atoms with Crippen molar-refractivity contribution in [3.8, 4) is 5.75 Å². The number of phenols is 1. The van der Waals surface area contributed by atoms with E-state index in [9.17, 15) is 5.11 Å². The Balaban J connectivity index is 1.93. The highest BCUT2D eigenvalue weighted by atomic mass is 16.3. The first-order valence-electron chi connectivity index (χ1n) is 8.49. The lowest BCUT2D eigenvalue weighted by Gasteiger charge is -2.39. The van der Waals surface area contributed by atoms with E-state index in [2.05, 4.69) is 33.0 Å². The maximum absolute atomic E-state index is 9.36. The highest BCUT2D eigenvalue weighted by molar-refractivity contribution is 5.26. The Kier molecular flexibility index (Phi) is 5.69. The normalized spacial score (nSPS) is 27.8. The summed E-state index contributed by atoms with van der Waals surface area (Å²) in [5.74, 6) is 2.76. The summed E-state index contributed by atoms with van der Waals surface area (Å²) >= 11 is 0. The lowest BCUT2D eigenvalue weighted by molar-refractivity contribution is 0.161. The average molecular weight is 289 g/mol. The van der Waals surface area contributed by atoms with Crippen LogP contribution in [0.4, 0.5) is 0 Å². The zero-order valence-electron chi connectivity index (χ0n) is 14.0. The van der Waals surface area contributed by atoms with Crippen LogP contribution >= 0.6 is 0 Å². The topological polar surface area (TPSA) is 32.3 Å². The summed E-state index contributed by atoms with van der Waals surface area (Å²) in [6, 6.07) is 8.74. The molecule has 2 heteroatoms. The fourth-order valence-corrected chi connectivity index (χ4v) is 3.80.